The van der Waals surface area contributed by atoms with Crippen LogP contribution in [0.1, 0.15) is 58.2 Å². The predicted octanol–water partition coefficient (Wildman–Crippen LogP) is 3.93. The molecule has 28 heavy (non-hydrogen) atoms. The first-order valence-electron chi connectivity index (χ1n) is 9.21. The van der Waals surface area contributed by atoms with Crippen molar-refractivity contribution in [1.29, 1.82) is 0 Å². The van der Waals surface area contributed by atoms with Gasteiger partial charge in [-0.15, -0.1) is 0 Å². The van der Waals surface area contributed by atoms with E-state index in [-0.39, 0.29) is 18.6 Å². The number of rotatable bonds is 2. The van der Waals surface area contributed by atoms with Crippen LogP contribution < -0.4 is 14.9 Å². The van der Waals surface area contributed by atoms with E-state index in [0.29, 0.717) is 28.2 Å². The normalized spacial score (nSPS) is 12.6. The van der Waals surface area contributed by atoms with E-state index in [0.717, 1.165) is 11.1 Å². The zero-order chi connectivity index (χ0) is 20.6. The largest absolute Gasteiger partial charge is 0.454 e. The third-order valence-corrected chi connectivity index (χ3v) is 4.59. The van der Waals surface area contributed by atoms with Gasteiger partial charge in [0.05, 0.1) is 5.54 Å². The van der Waals surface area contributed by atoms with Crippen LogP contribution in [0.4, 0.5) is 0 Å². The Labute approximate surface area is 165 Å². The highest BCUT2D eigenvalue weighted by Gasteiger charge is 2.31. The SMILES string of the molecule is Cc1cc(C)cc(C(=O)N(NC(=O)c2ccc3c(c2C)OCO3)C(C)(C)C)c1. The van der Waals surface area contributed by atoms with Crippen molar-refractivity contribution >= 4 is 11.8 Å². The number of hydrazine groups is 1. The summed E-state index contributed by atoms with van der Waals surface area (Å²) in [6.45, 7) is 11.5. The van der Waals surface area contributed by atoms with Gasteiger partial charge in [-0.05, 0) is 65.8 Å². The summed E-state index contributed by atoms with van der Waals surface area (Å²) >= 11 is 0. The summed E-state index contributed by atoms with van der Waals surface area (Å²) in [6.07, 6.45) is 0. The number of amides is 2. The number of carbonyl (C=O) groups excluding carboxylic acids is 2. The third-order valence-electron chi connectivity index (χ3n) is 4.59. The van der Waals surface area contributed by atoms with Crippen LogP contribution in [0.5, 0.6) is 11.5 Å². The molecular weight excluding hydrogens is 356 g/mol. The summed E-state index contributed by atoms with van der Waals surface area (Å²) in [5, 5.41) is 1.38. The van der Waals surface area contributed by atoms with Crippen molar-refractivity contribution in [2.75, 3.05) is 6.79 Å². The molecule has 0 atom stereocenters. The number of nitrogens with one attached hydrogen (secondary N) is 1. The molecule has 0 unspecified atom stereocenters. The van der Waals surface area contributed by atoms with Gasteiger partial charge in [-0.3, -0.25) is 15.0 Å². The van der Waals surface area contributed by atoms with E-state index in [1.807, 2.05) is 52.8 Å². The lowest BCUT2D eigenvalue weighted by molar-refractivity contribution is 0.0358. The fourth-order valence-corrected chi connectivity index (χ4v) is 3.27. The highest BCUT2D eigenvalue weighted by atomic mass is 16.7. The topological polar surface area (TPSA) is 67.9 Å². The lowest BCUT2D eigenvalue weighted by Crippen LogP contribution is -2.56. The van der Waals surface area contributed by atoms with Crippen LogP contribution in [0, 0.1) is 20.8 Å². The van der Waals surface area contributed by atoms with Crippen LogP contribution in [-0.2, 0) is 0 Å². The monoisotopic (exact) mass is 382 g/mol. The Morgan fingerprint density at radius 1 is 1.00 bits per heavy atom. The van der Waals surface area contributed by atoms with Gasteiger partial charge in [-0.1, -0.05) is 17.2 Å². The molecule has 3 rings (SSSR count). The Kier molecular flexibility index (Phi) is 5.06. The molecule has 6 nitrogen and oxygen atoms in total. The van der Waals surface area contributed by atoms with Crippen molar-refractivity contribution in [3.63, 3.8) is 0 Å². The molecule has 148 valence electrons. The Hall–Kier alpha value is -3.02. The minimum Gasteiger partial charge on any atom is -0.454 e. The lowest BCUT2D eigenvalue weighted by Gasteiger charge is -2.35. The highest BCUT2D eigenvalue weighted by molar-refractivity contribution is 6.00. The van der Waals surface area contributed by atoms with Crippen molar-refractivity contribution in [3.8, 4) is 11.5 Å². The fraction of sp³-hybridized carbons (Fsp3) is 0.364. The van der Waals surface area contributed by atoms with Gasteiger partial charge in [-0.2, -0.15) is 0 Å². The maximum Gasteiger partial charge on any atom is 0.272 e. The Morgan fingerprint density at radius 2 is 1.64 bits per heavy atom. The minimum absolute atomic E-state index is 0.139. The van der Waals surface area contributed by atoms with E-state index in [4.69, 9.17) is 9.47 Å². The van der Waals surface area contributed by atoms with Gasteiger partial charge in [0.15, 0.2) is 11.5 Å². The quantitative estimate of drug-likeness (QED) is 0.799. The van der Waals surface area contributed by atoms with E-state index >= 15 is 0 Å². The molecule has 6 heteroatoms. The average molecular weight is 382 g/mol. The Bertz CT molecular complexity index is 924. The maximum atomic E-state index is 13.2. The van der Waals surface area contributed by atoms with Crippen LogP contribution in [0.25, 0.3) is 0 Å². The van der Waals surface area contributed by atoms with E-state index < -0.39 is 5.54 Å². The first kappa shape index (κ1) is 19.7. The number of carbonyl (C=O) groups is 2. The predicted molar refractivity (Wildman–Crippen MR) is 107 cm³/mol. The van der Waals surface area contributed by atoms with Crippen LogP contribution in [0.2, 0.25) is 0 Å². The molecular formula is C22H26N2O4. The van der Waals surface area contributed by atoms with Gasteiger partial charge in [0.25, 0.3) is 11.8 Å². The second kappa shape index (κ2) is 7.19. The van der Waals surface area contributed by atoms with Gasteiger partial charge in [0.1, 0.15) is 0 Å². The molecule has 0 aromatic heterocycles. The zero-order valence-electron chi connectivity index (χ0n) is 17.2. The molecule has 2 amide bonds. The van der Waals surface area contributed by atoms with E-state index in [1.54, 1.807) is 19.1 Å². The first-order chi connectivity index (χ1) is 13.1. The lowest BCUT2D eigenvalue weighted by atomic mass is 10.0. The molecule has 1 heterocycles. The summed E-state index contributed by atoms with van der Waals surface area (Å²) in [7, 11) is 0. The van der Waals surface area contributed by atoms with Crippen LogP contribution in [0.3, 0.4) is 0 Å². The molecule has 2 aromatic rings. The number of nitrogens with zero attached hydrogens (tertiary/aromatic N) is 1. The van der Waals surface area contributed by atoms with Gasteiger partial charge >= 0.3 is 0 Å². The van der Waals surface area contributed by atoms with E-state index in [2.05, 4.69) is 5.43 Å². The number of hydrogen-bond donors (Lipinski definition) is 1. The number of benzene rings is 2. The molecule has 0 aliphatic carbocycles. The first-order valence-corrected chi connectivity index (χ1v) is 9.21. The van der Waals surface area contributed by atoms with Gasteiger partial charge in [0.2, 0.25) is 6.79 Å². The Balaban J connectivity index is 1.91. The highest BCUT2D eigenvalue weighted by Crippen LogP contribution is 2.37. The maximum absolute atomic E-state index is 13.2. The van der Waals surface area contributed by atoms with Gasteiger partial charge in [-0.25, -0.2) is 5.01 Å². The van der Waals surface area contributed by atoms with Gasteiger partial charge < -0.3 is 9.47 Å². The molecule has 0 spiro atoms. The smallest absolute Gasteiger partial charge is 0.272 e. The molecule has 0 bridgehead atoms. The van der Waals surface area contributed by atoms with Crippen molar-refractivity contribution < 1.29 is 19.1 Å². The van der Waals surface area contributed by atoms with Crippen molar-refractivity contribution in [3.05, 3.63) is 58.1 Å². The van der Waals surface area contributed by atoms with Gasteiger partial charge in [0, 0.05) is 16.7 Å². The number of fused-ring (bicyclic) bond motifs is 1. The number of ether oxygens (including phenoxy) is 2. The molecule has 1 N–H and O–H groups in total. The molecule has 2 aromatic carbocycles. The second-order valence-electron chi connectivity index (χ2n) is 8.10. The molecule has 0 fully saturated rings. The summed E-state index contributed by atoms with van der Waals surface area (Å²) < 4.78 is 10.8. The molecule has 0 radical (unpaired) electrons. The number of aryl methyl sites for hydroxylation is 2. The average Bonchev–Trinajstić information content (AvgIpc) is 3.07. The molecule has 0 saturated carbocycles. The number of hydrogen-bond acceptors (Lipinski definition) is 4. The van der Waals surface area contributed by atoms with E-state index in [1.165, 1.54) is 5.01 Å². The minimum atomic E-state index is -0.616. The summed E-state index contributed by atoms with van der Waals surface area (Å²) in [5.41, 5.74) is 5.82. The standard InChI is InChI=1S/C22H26N2O4/c1-13-9-14(2)11-16(10-13)21(26)24(22(4,5)6)23-20(25)17-7-8-18-19(15(17)3)28-12-27-18/h7-11H,12H2,1-6H3,(H,23,25). The van der Waals surface area contributed by atoms with Crippen molar-refractivity contribution in [2.24, 2.45) is 0 Å². The fourth-order valence-electron chi connectivity index (χ4n) is 3.27. The summed E-state index contributed by atoms with van der Waals surface area (Å²) in [6, 6.07) is 9.04. The van der Waals surface area contributed by atoms with Crippen LogP contribution in [0.15, 0.2) is 30.3 Å². The van der Waals surface area contributed by atoms with Crippen LogP contribution in [-0.4, -0.2) is 29.2 Å². The summed E-state index contributed by atoms with van der Waals surface area (Å²) in [4.78, 5) is 26.2. The third kappa shape index (κ3) is 3.81. The second-order valence-corrected chi connectivity index (χ2v) is 8.10. The zero-order valence-corrected chi connectivity index (χ0v) is 17.2. The Morgan fingerprint density at radius 3 is 2.25 bits per heavy atom. The van der Waals surface area contributed by atoms with Crippen LogP contribution >= 0.6 is 0 Å². The molecule has 0 saturated heterocycles. The van der Waals surface area contributed by atoms with Crippen molar-refractivity contribution in [1.82, 2.24) is 10.4 Å². The summed E-state index contributed by atoms with van der Waals surface area (Å²) in [5.74, 6) is 0.554. The molecule has 1 aliphatic rings. The molecule has 1 aliphatic heterocycles. The van der Waals surface area contributed by atoms with Crippen molar-refractivity contribution in [2.45, 2.75) is 47.1 Å². The van der Waals surface area contributed by atoms with E-state index in [9.17, 15) is 9.59 Å².